The maximum Gasteiger partial charge on any atom is 0.262 e. The van der Waals surface area contributed by atoms with Crippen molar-refractivity contribution in [2.24, 2.45) is 5.73 Å². The zero-order chi connectivity index (χ0) is 14.5. The first kappa shape index (κ1) is 18.4. The Hall–Kier alpha value is -0.610. The zero-order valence-corrected chi connectivity index (χ0v) is 12.7. The number of hydrogen-bond donors (Lipinski definition) is 2. The molecule has 4 nitrogen and oxygen atoms in total. The minimum Gasteiger partial charge on any atom is -0.320 e. The molecule has 4 heteroatoms. The minimum atomic E-state index is -0.544. The number of carbonyl (C=O) groups excluding carboxylic acids is 1. The van der Waals surface area contributed by atoms with Gasteiger partial charge in [-0.1, -0.05) is 65.2 Å². The predicted molar refractivity (Wildman–Crippen MR) is 79.0 cm³/mol. The molecule has 1 atom stereocenters. The van der Waals surface area contributed by atoms with Crippen LogP contribution in [0.2, 0.25) is 0 Å². The Kier molecular flexibility index (Phi) is 12.0. The first-order chi connectivity index (χ1) is 9.13. The lowest BCUT2D eigenvalue weighted by Crippen LogP contribution is -2.42. The Labute approximate surface area is 118 Å². The van der Waals surface area contributed by atoms with Crippen molar-refractivity contribution in [1.82, 2.24) is 5.06 Å². The molecule has 1 amide bonds. The van der Waals surface area contributed by atoms with Crippen LogP contribution in [0.1, 0.15) is 78.1 Å². The molecule has 0 saturated heterocycles. The number of hydroxylamine groups is 2. The van der Waals surface area contributed by atoms with Crippen molar-refractivity contribution in [3.63, 3.8) is 0 Å². The Balaban J connectivity index is 3.66. The summed E-state index contributed by atoms with van der Waals surface area (Å²) in [7, 11) is 0. The van der Waals surface area contributed by atoms with Crippen LogP contribution in [0, 0.1) is 0 Å². The van der Waals surface area contributed by atoms with E-state index >= 15 is 0 Å². The van der Waals surface area contributed by atoms with E-state index in [0.717, 1.165) is 30.7 Å². The molecule has 114 valence electrons. The van der Waals surface area contributed by atoms with Crippen molar-refractivity contribution >= 4 is 5.91 Å². The molecule has 19 heavy (non-hydrogen) atoms. The summed E-state index contributed by atoms with van der Waals surface area (Å²) in [6, 6.07) is -0.544. The summed E-state index contributed by atoms with van der Waals surface area (Å²) in [4.78, 5) is 11.8. The van der Waals surface area contributed by atoms with E-state index in [1.54, 1.807) is 0 Å². The zero-order valence-electron chi connectivity index (χ0n) is 12.7. The van der Waals surface area contributed by atoms with E-state index in [0.29, 0.717) is 13.0 Å². The lowest BCUT2D eigenvalue weighted by molar-refractivity contribution is -0.167. The van der Waals surface area contributed by atoms with Crippen LogP contribution in [0.4, 0.5) is 0 Å². The number of nitrogens with two attached hydrogens (primary N) is 1. The van der Waals surface area contributed by atoms with Crippen molar-refractivity contribution in [1.29, 1.82) is 0 Å². The number of rotatable bonds is 12. The van der Waals surface area contributed by atoms with Gasteiger partial charge in [0.05, 0.1) is 6.04 Å². The molecule has 0 aliphatic rings. The molecule has 0 aromatic heterocycles. The fourth-order valence-corrected chi connectivity index (χ4v) is 2.08. The van der Waals surface area contributed by atoms with Gasteiger partial charge in [-0.25, -0.2) is 5.06 Å². The molecule has 0 aliphatic carbocycles. The molecule has 1 unspecified atom stereocenters. The highest BCUT2D eigenvalue weighted by Crippen LogP contribution is 2.07. The number of unbranched alkanes of at least 4 members (excludes halogenated alkanes) is 7. The molecule has 0 aliphatic heterocycles. The second-order valence-corrected chi connectivity index (χ2v) is 5.33. The molecule has 0 rings (SSSR count). The van der Waals surface area contributed by atoms with Gasteiger partial charge in [-0.15, -0.1) is 0 Å². The lowest BCUT2D eigenvalue weighted by Gasteiger charge is -2.19. The van der Waals surface area contributed by atoms with Crippen LogP contribution in [0.15, 0.2) is 0 Å². The molecule has 0 radical (unpaired) electrons. The smallest absolute Gasteiger partial charge is 0.262 e. The molecule has 0 bridgehead atoms. The molecule has 0 aromatic carbocycles. The van der Waals surface area contributed by atoms with Crippen LogP contribution in [0.3, 0.4) is 0 Å². The second-order valence-electron chi connectivity index (χ2n) is 5.33. The number of carbonyl (C=O) groups is 1. The number of amides is 1. The summed E-state index contributed by atoms with van der Waals surface area (Å²) < 4.78 is 0. The summed E-state index contributed by atoms with van der Waals surface area (Å²) in [5, 5.41) is 10.5. The third-order valence-electron chi connectivity index (χ3n) is 3.41. The third kappa shape index (κ3) is 9.91. The SMILES string of the molecule is CCCCCCCN(O)C(=O)C(N)CCCCCC. The summed E-state index contributed by atoms with van der Waals surface area (Å²) in [5.41, 5.74) is 5.80. The summed E-state index contributed by atoms with van der Waals surface area (Å²) in [6.45, 7) is 4.73. The fraction of sp³-hybridized carbons (Fsp3) is 0.933. The molecule has 3 N–H and O–H groups in total. The van der Waals surface area contributed by atoms with E-state index in [9.17, 15) is 10.0 Å². The van der Waals surface area contributed by atoms with Crippen molar-refractivity contribution < 1.29 is 10.0 Å². The molecular weight excluding hydrogens is 240 g/mol. The van der Waals surface area contributed by atoms with E-state index in [1.165, 1.54) is 32.1 Å². The predicted octanol–water partition coefficient (Wildman–Crippen LogP) is 3.47. The van der Waals surface area contributed by atoms with Gasteiger partial charge in [0.1, 0.15) is 0 Å². The standard InChI is InChI=1S/C15H32N2O2/c1-3-5-7-9-11-13-17(19)15(18)14(16)12-10-8-6-4-2/h14,19H,3-13,16H2,1-2H3. The largest absolute Gasteiger partial charge is 0.320 e. The summed E-state index contributed by atoms with van der Waals surface area (Å²) in [6.07, 6.45) is 10.6. The molecular formula is C15H32N2O2. The van der Waals surface area contributed by atoms with Gasteiger partial charge in [0.15, 0.2) is 0 Å². The normalized spacial score (nSPS) is 12.4. The van der Waals surface area contributed by atoms with E-state index < -0.39 is 6.04 Å². The average Bonchev–Trinajstić information content (AvgIpc) is 2.42. The van der Waals surface area contributed by atoms with Crippen LogP contribution < -0.4 is 5.73 Å². The van der Waals surface area contributed by atoms with Gasteiger partial charge in [0.2, 0.25) is 0 Å². The average molecular weight is 272 g/mol. The van der Waals surface area contributed by atoms with Gasteiger partial charge in [-0.05, 0) is 12.8 Å². The van der Waals surface area contributed by atoms with Crippen molar-refractivity contribution in [3.8, 4) is 0 Å². The van der Waals surface area contributed by atoms with Crippen LogP contribution in [0.5, 0.6) is 0 Å². The quantitative estimate of drug-likeness (QED) is 0.325. The highest BCUT2D eigenvalue weighted by atomic mass is 16.5. The molecule has 0 fully saturated rings. The van der Waals surface area contributed by atoms with E-state index in [1.807, 2.05) is 0 Å². The van der Waals surface area contributed by atoms with Crippen LogP contribution in [-0.2, 0) is 4.79 Å². The summed E-state index contributed by atoms with van der Waals surface area (Å²) in [5.74, 6) is -0.327. The Morgan fingerprint density at radius 3 is 2.11 bits per heavy atom. The van der Waals surface area contributed by atoms with Crippen molar-refractivity contribution in [2.75, 3.05) is 6.54 Å². The fourth-order valence-electron chi connectivity index (χ4n) is 2.08. The van der Waals surface area contributed by atoms with Crippen molar-refractivity contribution in [3.05, 3.63) is 0 Å². The Morgan fingerprint density at radius 1 is 1.00 bits per heavy atom. The highest BCUT2D eigenvalue weighted by Gasteiger charge is 2.18. The van der Waals surface area contributed by atoms with Gasteiger partial charge >= 0.3 is 0 Å². The van der Waals surface area contributed by atoms with Gasteiger partial charge in [-0.2, -0.15) is 0 Å². The number of hydrogen-bond acceptors (Lipinski definition) is 3. The maximum absolute atomic E-state index is 11.8. The monoisotopic (exact) mass is 272 g/mol. The summed E-state index contributed by atoms with van der Waals surface area (Å²) >= 11 is 0. The number of nitrogens with zero attached hydrogens (tertiary/aromatic N) is 1. The van der Waals surface area contributed by atoms with E-state index in [2.05, 4.69) is 13.8 Å². The highest BCUT2D eigenvalue weighted by molar-refractivity contribution is 5.80. The Bertz CT molecular complexity index is 222. The molecule has 0 aromatic rings. The van der Waals surface area contributed by atoms with E-state index in [-0.39, 0.29) is 5.91 Å². The van der Waals surface area contributed by atoms with Gasteiger partial charge in [0.25, 0.3) is 5.91 Å². The topological polar surface area (TPSA) is 66.6 Å². The van der Waals surface area contributed by atoms with Crippen molar-refractivity contribution in [2.45, 2.75) is 84.1 Å². The maximum atomic E-state index is 11.8. The molecule has 0 spiro atoms. The van der Waals surface area contributed by atoms with Gasteiger partial charge in [0, 0.05) is 6.54 Å². The molecule has 0 saturated carbocycles. The second kappa shape index (κ2) is 12.4. The van der Waals surface area contributed by atoms with Gasteiger partial charge < -0.3 is 5.73 Å². The first-order valence-electron chi connectivity index (χ1n) is 7.89. The van der Waals surface area contributed by atoms with Crippen LogP contribution in [0.25, 0.3) is 0 Å². The van der Waals surface area contributed by atoms with Crippen LogP contribution in [-0.4, -0.2) is 28.8 Å². The van der Waals surface area contributed by atoms with Crippen LogP contribution >= 0.6 is 0 Å². The molecule has 0 heterocycles. The Morgan fingerprint density at radius 2 is 1.53 bits per heavy atom. The first-order valence-corrected chi connectivity index (χ1v) is 7.89. The van der Waals surface area contributed by atoms with Gasteiger partial charge in [-0.3, -0.25) is 10.0 Å². The van der Waals surface area contributed by atoms with E-state index in [4.69, 9.17) is 5.73 Å². The minimum absolute atomic E-state index is 0.327. The third-order valence-corrected chi connectivity index (χ3v) is 3.41. The lowest BCUT2D eigenvalue weighted by atomic mass is 10.1.